The standard InChI is InChI=1S/C20H18N2O3S2/c23-19(21-10-15-11-24-17-8-4-5-9-18(17)25-15)13-27-20-22-16(12-26-20)14-6-2-1-3-7-14/h1-9,12,15H,10-11,13H2,(H,21,23)/t15-/m0/s1. The molecule has 1 N–H and O–H groups in total. The molecule has 0 radical (unpaired) electrons. The molecule has 0 fully saturated rings. The number of carbonyl (C=O) groups excluding carboxylic acids is 1. The predicted octanol–water partition coefficient (Wildman–Crippen LogP) is 3.86. The van der Waals surface area contributed by atoms with Crippen molar-refractivity contribution in [1.82, 2.24) is 10.3 Å². The first kappa shape index (κ1) is 17.9. The zero-order valence-electron chi connectivity index (χ0n) is 14.5. The van der Waals surface area contributed by atoms with Gasteiger partial charge in [0.05, 0.1) is 18.0 Å². The second kappa shape index (κ2) is 8.45. The molecule has 27 heavy (non-hydrogen) atoms. The zero-order chi connectivity index (χ0) is 18.5. The summed E-state index contributed by atoms with van der Waals surface area (Å²) < 4.78 is 12.4. The molecule has 1 atom stereocenters. The average molecular weight is 399 g/mol. The summed E-state index contributed by atoms with van der Waals surface area (Å²) in [5.74, 6) is 1.74. The van der Waals surface area contributed by atoms with E-state index in [0.29, 0.717) is 24.7 Å². The Kier molecular flexibility index (Phi) is 5.60. The van der Waals surface area contributed by atoms with Crippen molar-refractivity contribution in [2.45, 2.75) is 10.4 Å². The summed E-state index contributed by atoms with van der Waals surface area (Å²) in [4.78, 5) is 16.7. The Morgan fingerprint density at radius 3 is 2.78 bits per heavy atom. The van der Waals surface area contributed by atoms with E-state index < -0.39 is 0 Å². The van der Waals surface area contributed by atoms with Crippen LogP contribution in [0.3, 0.4) is 0 Å². The Hall–Kier alpha value is -2.51. The van der Waals surface area contributed by atoms with Gasteiger partial charge in [-0.15, -0.1) is 11.3 Å². The first-order valence-electron chi connectivity index (χ1n) is 8.57. The highest BCUT2D eigenvalue weighted by atomic mass is 32.2. The lowest BCUT2D eigenvalue weighted by Crippen LogP contribution is -2.41. The van der Waals surface area contributed by atoms with Crippen LogP contribution in [0.15, 0.2) is 64.3 Å². The Bertz CT molecular complexity index is 914. The van der Waals surface area contributed by atoms with Crippen LogP contribution in [-0.2, 0) is 4.79 Å². The van der Waals surface area contributed by atoms with E-state index in [0.717, 1.165) is 21.3 Å². The van der Waals surface area contributed by atoms with Crippen LogP contribution in [0.4, 0.5) is 0 Å². The van der Waals surface area contributed by atoms with E-state index in [1.165, 1.54) is 11.8 Å². The number of ether oxygens (including phenoxy) is 2. The molecule has 2 heterocycles. The van der Waals surface area contributed by atoms with E-state index in [1.807, 2.05) is 60.0 Å². The smallest absolute Gasteiger partial charge is 0.230 e. The molecule has 0 aliphatic carbocycles. The molecule has 0 saturated carbocycles. The maximum absolute atomic E-state index is 12.1. The fraction of sp³-hybridized carbons (Fsp3) is 0.200. The van der Waals surface area contributed by atoms with E-state index in [1.54, 1.807) is 11.3 Å². The van der Waals surface area contributed by atoms with Crippen molar-refractivity contribution >= 4 is 29.0 Å². The fourth-order valence-electron chi connectivity index (χ4n) is 2.63. The molecule has 138 valence electrons. The minimum Gasteiger partial charge on any atom is -0.486 e. The van der Waals surface area contributed by atoms with E-state index in [2.05, 4.69) is 10.3 Å². The molecule has 3 aromatic rings. The van der Waals surface area contributed by atoms with Gasteiger partial charge in [-0.2, -0.15) is 0 Å². The van der Waals surface area contributed by atoms with Crippen LogP contribution in [0, 0.1) is 0 Å². The maximum Gasteiger partial charge on any atom is 0.230 e. The quantitative estimate of drug-likeness (QED) is 0.639. The topological polar surface area (TPSA) is 60.5 Å². The van der Waals surface area contributed by atoms with E-state index in [9.17, 15) is 4.79 Å². The van der Waals surface area contributed by atoms with Crippen molar-refractivity contribution < 1.29 is 14.3 Å². The lowest BCUT2D eigenvalue weighted by molar-refractivity contribution is -0.119. The molecule has 1 aliphatic heterocycles. The van der Waals surface area contributed by atoms with Crippen LogP contribution in [0.1, 0.15) is 0 Å². The zero-order valence-corrected chi connectivity index (χ0v) is 16.1. The number of benzene rings is 2. The second-order valence-electron chi connectivity index (χ2n) is 5.96. The monoisotopic (exact) mass is 398 g/mol. The third kappa shape index (κ3) is 4.61. The van der Waals surface area contributed by atoms with E-state index in [-0.39, 0.29) is 12.0 Å². The van der Waals surface area contributed by atoms with Crippen LogP contribution in [-0.4, -0.2) is 35.9 Å². The molecule has 5 nitrogen and oxygen atoms in total. The summed E-state index contributed by atoms with van der Waals surface area (Å²) >= 11 is 2.99. The van der Waals surface area contributed by atoms with Crippen molar-refractivity contribution in [3.63, 3.8) is 0 Å². The summed E-state index contributed by atoms with van der Waals surface area (Å²) in [5.41, 5.74) is 2.02. The van der Waals surface area contributed by atoms with Gasteiger partial charge in [0.15, 0.2) is 15.8 Å². The largest absolute Gasteiger partial charge is 0.486 e. The van der Waals surface area contributed by atoms with Gasteiger partial charge in [0, 0.05) is 10.9 Å². The number of hydrogen-bond donors (Lipinski definition) is 1. The molecular formula is C20H18N2O3S2. The maximum atomic E-state index is 12.1. The number of thioether (sulfide) groups is 1. The average Bonchev–Trinajstić information content (AvgIpc) is 3.20. The highest BCUT2D eigenvalue weighted by molar-refractivity contribution is 8.01. The minimum atomic E-state index is -0.182. The number of thiazole rings is 1. The molecule has 1 aromatic heterocycles. The van der Waals surface area contributed by atoms with Gasteiger partial charge < -0.3 is 14.8 Å². The van der Waals surface area contributed by atoms with Gasteiger partial charge in [-0.3, -0.25) is 4.79 Å². The van der Waals surface area contributed by atoms with Gasteiger partial charge in [-0.25, -0.2) is 4.98 Å². The van der Waals surface area contributed by atoms with Gasteiger partial charge >= 0.3 is 0 Å². The van der Waals surface area contributed by atoms with Crippen LogP contribution in [0.2, 0.25) is 0 Å². The number of amides is 1. The number of carbonyl (C=O) groups is 1. The second-order valence-corrected chi connectivity index (χ2v) is 8.04. The van der Waals surface area contributed by atoms with Crippen LogP contribution < -0.4 is 14.8 Å². The third-order valence-corrected chi connectivity index (χ3v) is 5.99. The molecular weight excluding hydrogens is 380 g/mol. The number of fused-ring (bicyclic) bond motifs is 1. The minimum absolute atomic E-state index is 0.0427. The Morgan fingerprint density at radius 1 is 1.15 bits per heavy atom. The number of rotatable bonds is 6. The fourth-order valence-corrected chi connectivity index (χ4v) is 4.30. The van der Waals surface area contributed by atoms with Crippen molar-refractivity contribution in [3.05, 3.63) is 60.0 Å². The van der Waals surface area contributed by atoms with Gasteiger partial charge in [0.2, 0.25) is 5.91 Å². The van der Waals surface area contributed by atoms with E-state index in [4.69, 9.17) is 9.47 Å². The Balaban J connectivity index is 1.23. The molecule has 0 bridgehead atoms. The number of hydrogen-bond acceptors (Lipinski definition) is 6. The van der Waals surface area contributed by atoms with Crippen molar-refractivity contribution in [2.75, 3.05) is 18.9 Å². The van der Waals surface area contributed by atoms with Crippen molar-refractivity contribution in [3.8, 4) is 22.8 Å². The summed E-state index contributed by atoms with van der Waals surface area (Å²) in [5, 5.41) is 4.92. The van der Waals surface area contributed by atoms with E-state index >= 15 is 0 Å². The van der Waals surface area contributed by atoms with Crippen LogP contribution >= 0.6 is 23.1 Å². The van der Waals surface area contributed by atoms with Gasteiger partial charge in [0.1, 0.15) is 12.7 Å². The lowest BCUT2D eigenvalue weighted by Gasteiger charge is -2.26. The molecule has 0 unspecified atom stereocenters. The highest BCUT2D eigenvalue weighted by Gasteiger charge is 2.21. The number of nitrogens with zero attached hydrogens (tertiary/aromatic N) is 1. The van der Waals surface area contributed by atoms with Crippen molar-refractivity contribution in [1.29, 1.82) is 0 Å². The summed E-state index contributed by atoms with van der Waals surface area (Å²) in [6.07, 6.45) is -0.182. The number of nitrogens with one attached hydrogen (secondary N) is 1. The number of para-hydroxylation sites is 2. The van der Waals surface area contributed by atoms with Crippen LogP contribution in [0.5, 0.6) is 11.5 Å². The molecule has 0 spiro atoms. The molecule has 7 heteroatoms. The highest BCUT2D eigenvalue weighted by Crippen LogP contribution is 2.31. The summed E-state index contributed by atoms with van der Waals surface area (Å²) in [7, 11) is 0. The van der Waals surface area contributed by atoms with Gasteiger partial charge in [-0.05, 0) is 12.1 Å². The number of aromatic nitrogens is 1. The predicted molar refractivity (Wildman–Crippen MR) is 108 cm³/mol. The molecule has 4 rings (SSSR count). The Morgan fingerprint density at radius 2 is 1.93 bits per heavy atom. The van der Waals surface area contributed by atoms with Crippen molar-refractivity contribution in [2.24, 2.45) is 0 Å². The SMILES string of the molecule is O=C(CSc1nc(-c2ccccc2)cs1)NC[C@H]1COc2ccccc2O1. The van der Waals surface area contributed by atoms with Gasteiger partial charge in [0.25, 0.3) is 0 Å². The normalized spacial score (nSPS) is 15.3. The molecule has 0 saturated heterocycles. The Labute approximate surface area is 165 Å². The first-order chi connectivity index (χ1) is 13.3. The summed E-state index contributed by atoms with van der Waals surface area (Å²) in [6.45, 7) is 0.845. The molecule has 1 amide bonds. The lowest BCUT2D eigenvalue weighted by atomic mass is 10.2. The first-order valence-corrected chi connectivity index (χ1v) is 10.4. The van der Waals surface area contributed by atoms with Gasteiger partial charge in [-0.1, -0.05) is 54.2 Å². The third-order valence-electron chi connectivity index (χ3n) is 3.97. The van der Waals surface area contributed by atoms with Crippen LogP contribution in [0.25, 0.3) is 11.3 Å². The summed E-state index contributed by atoms with van der Waals surface area (Å²) in [6, 6.07) is 17.6. The molecule has 2 aromatic carbocycles. The molecule has 1 aliphatic rings.